The van der Waals surface area contributed by atoms with E-state index >= 15 is 0 Å². The first-order chi connectivity index (χ1) is 10.3. The largest absolute Gasteiger partial charge is 0.472 e. The molecule has 0 aliphatic rings. The maximum absolute atomic E-state index is 14.1. The lowest BCUT2D eigenvalue weighted by molar-refractivity contribution is -0.0784. The van der Waals surface area contributed by atoms with Gasteiger partial charge in [-0.2, -0.15) is 5.10 Å². The number of aromatic nitrogens is 3. The minimum atomic E-state index is -1.85. The number of rotatable bonds is 5. The zero-order chi connectivity index (χ0) is 16.3. The van der Waals surface area contributed by atoms with E-state index in [1.807, 2.05) is 0 Å². The Balaban J connectivity index is 2.45. The molecule has 0 amide bonds. The van der Waals surface area contributed by atoms with Gasteiger partial charge in [0.05, 0.1) is 6.54 Å². The lowest BCUT2D eigenvalue weighted by atomic mass is 9.88. The highest BCUT2D eigenvalue weighted by atomic mass is 32.1. The third kappa shape index (κ3) is 3.60. The Morgan fingerprint density at radius 2 is 2.27 bits per heavy atom. The molecule has 2 atom stereocenters. The van der Waals surface area contributed by atoms with Crippen molar-refractivity contribution in [3.63, 3.8) is 0 Å². The summed E-state index contributed by atoms with van der Waals surface area (Å²) in [5, 5.41) is 14.9. The summed E-state index contributed by atoms with van der Waals surface area (Å²) in [6.07, 6.45) is 1.68. The van der Waals surface area contributed by atoms with Gasteiger partial charge >= 0.3 is 0 Å². The van der Waals surface area contributed by atoms with Gasteiger partial charge < -0.3 is 9.84 Å². The molecule has 0 saturated carbocycles. The van der Waals surface area contributed by atoms with Crippen LogP contribution in [0.15, 0.2) is 30.9 Å². The van der Waals surface area contributed by atoms with Crippen LogP contribution < -0.4 is 0 Å². The first-order valence-electron chi connectivity index (χ1n) is 6.23. The van der Waals surface area contributed by atoms with E-state index in [4.69, 9.17) is 17.0 Å². The molecule has 2 unspecified atom stereocenters. The van der Waals surface area contributed by atoms with Crippen LogP contribution in [0.1, 0.15) is 12.5 Å². The number of halogens is 2. The quantitative estimate of drug-likeness (QED) is 0.642. The predicted octanol–water partition coefficient (Wildman–Crippen LogP) is 2.06. The summed E-state index contributed by atoms with van der Waals surface area (Å²) in [6, 6.07) is 2.90. The fourth-order valence-electron chi connectivity index (χ4n) is 2.08. The van der Waals surface area contributed by atoms with E-state index < -0.39 is 23.3 Å². The summed E-state index contributed by atoms with van der Waals surface area (Å²) in [6.45, 7) is 1.34. The fraction of sp³-hybridized carbons (Fsp3) is 0.308. The Morgan fingerprint density at radius 1 is 1.55 bits per heavy atom. The maximum atomic E-state index is 14.1. The van der Waals surface area contributed by atoms with Gasteiger partial charge in [0.25, 0.3) is 0 Å². The standard InChI is InChI=1S/C13H13F2N3O2S2/c1-8(20-12(21)22)13(19,5-18-7-16-6-17-18)10-3-2-9(14)4-11(10)15/h2-4,6-8,19H,5H2,1H3,(H,21,22). The van der Waals surface area contributed by atoms with Crippen molar-refractivity contribution in [1.82, 2.24) is 14.8 Å². The van der Waals surface area contributed by atoms with Gasteiger partial charge in [-0.05, 0) is 25.2 Å². The number of aliphatic hydroxyl groups is 1. The molecule has 0 spiro atoms. The molecule has 1 aromatic carbocycles. The molecule has 0 bridgehead atoms. The van der Waals surface area contributed by atoms with E-state index in [9.17, 15) is 13.9 Å². The number of nitrogens with zero attached hydrogens (tertiary/aromatic N) is 3. The number of ether oxygens (including phenoxy) is 1. The van der Waals surface area contributed by atoms with Gasteiger partial charge in [-0.1, -0.05) is 18.7 Å². The normalized spacial score (nSPS) is 15.1. The third-order valence-corrected chi connectivity index (χ3v) is 3.42. The highest BCUT2D eigenvalue weighted by Gasteiger charge is 2.41. The molecule has 1 N–H and O–H groups in total. The lowest BCUT2D eigenvalue weighted by Crippen LogP contribution is -2.44. The van der Waals surface area contributed by atoms with Crippen molar-refractivity contribution in [2.75, 3.05) is 0 Å². The number of benzene rings is 1. The Hall–Kier alpha value is -1.58. The van der Waals surface area contributed by atoms with Crippen molar-refractivity contribution in [3.05, 3.63) is 48.1 Å². The van der Waals surface area contributed by atoms with E-state index in [2.05, 4.69) is 22.7 Å². The van der Waals surface area contributed by atoms with Gasteiger partial charge in [-0.3, -0.25) is 0 Å². The molecule has 1 aromatic heterocycles. The van der Waals surface area contributed by atoms with Gasteiger partial charge in [0, 0.05) is 11.6 Å². The zero-order valence-electron chi connectivity index (χ0n) is 11.5. The van der Waals surface area contributed by atoms with Crippen LogP contribution in [-0.2, 0) is 16.9 Å². The molecule has 0 radical (unpaired) electrons. The van der Waals surface area contributed by atoms with Crippen molar-refractivity contribution < 1.29 is 18.6 Å². The van der Waals surface area contributed by atoms with Crippen molar-refractivity contribution in [2.45, 2.75) is 25.2 Å². The number of hydrogen-bond acceptors (Lipinski definition) is 5. The summed E-state index contributed by atoms with van der Waals surface area (Å²) in [4.78, 5) is 3.76. The van der Waals surface area contributed by atoms with E-state index in [1.54, 1.807) is 0 Å². The Bertz CT molecular complexity index is 669. The van der Waals surface area contributed by atoms with Crippen LogP contribution in [0, 0.1) is 11.6 Å². The molecule has 9 heteroatoms. The third-order valence-electron chi connectivity index (χ3n) is 3.22. The van der Waals surface area contributed by atoms with Crippen molar-refractivity contribution in [3.8, 4) is 0 Å². The van der Waals surface area contributed by atoms with Crippen LogP contribution in [-0.4, -0.2) is 30.4 Å². The molecule has 0 aliphatic heterocycles. The SMILES string of the molecule is CC(OC(=S)S)C(O)(Cn1cncn1)c1ccc(F)cc1F. The second-order valence-electron chi connectivity index (χ2n) is 4.67. The molecule has 0 fully saturated rings. The summed E-state index contributed by atoms with van der Waals surface area (Å²) in [5.74, 6) is -1.65. The number of thiol groups is 1. The van der Waals surface area contributed by atoms with E-state index in [1.165, 1.54) is 24.3 Å². The Labute approximate surface area is 136 Å². The average Bonchev–Trinajstić information content (AvgIpc) is 2.90. The summed E-state index contributed by atoms with van der Waals surface area (Å²) in [7, 11) is 0. The first-order valence-corrected chi connectivity index (χ1v) is 7.08. The Kier molecular flexibility index (Phi) is 5.09. The minimum Gasteiger partial charge on any atom is -0.472 e. The monoisotopic (exact) mass is 345 g/mol. The summed E-state index contributed by atoms with van der Waals surface area (Å²) >= 11 is 8.58. The van der Waals surface area contributed by atoms with E-state index in [-0.39, 0.29) is 16.5 Å². The van der Waals surface area contributed by atoms with Crippen molar-refractivity contribution >= 4 is 29.2 Å². The maximum Gasteiger partial charge on any atom is 0.217 e. The van der Waals surface area contributed by atoms with Crippen LogP contribution in [0.3, 0.4) is 0 Å². The molecule has 118 valence electrons. The molecular formula is C13H13F2N3O2S2. The van der Waals surface area contributed by atoms with Gasteiger partial charge in [-0.25, -0.2) is 18.4 Å². The highest BCUT2D eigenvalue weighted by molar-refractivity contribution is 8.10. The highest BCUT2D eigenvalue weighted by Crippen LogP contribution is 2.31. The molecular weight excluding hydrogens is 332 g/mol. The van der Waals surface area contributed by atoms with Crippen LogP contribution in [0.4, 0.5) is 8.78 Å². The Morgan fingerprint density at radius 3 is 2.82 bits per heavy atom. The number of thiocarbonyl (C=S) groups is 1. The van der Waals surface area contributed by atoms with Gasteiger partial charge in [-0.15, -0.1) is 0 Å². The second-order valence-corrected chi connectivity index (χ2v) is 5.75. The topological polar surface area (TPSA) is 60.2 Å². The molecule has 0 aliphatic carbocycles. The van der Waals surface area contributed by atoms with Crippen LogP contribution in [0.25, 0.3) is 0 Å². The van der Waals surface area contributed by atoms with Gasteiger partial charge in [0.2, 0.25) is 4.38 Å². The molecule has 5 nitrogen and oxygen atoms in total. The molecule has 1 heterocycles. The molecule has 2 rings (SSSR count). The van der Waals surface area contributed by atoms with Crippen molar-refractivity contribution in [1.29, 1.82) is 0 Å². The van der Waals surface area contributed by atoms with Crippen LogP contribution >= 0.6 is 24.8 Å². The van der Waals surface area contributed by atoms with Crippen LogP contribution in [0.2, 0.25) is 0 Å². The van der Waals surface area contributed by atoms with Gasteiger partial charge in [0.1, 0.15) is 36.0 Å². The number of hydrogen-bond donors (Lipinski definition) is 2. The molecule has 22 heavy (non-hydrogen) atoms. The van der Waals surface area contributed by atoms with Gasteiger partial charge in [0.15, 0.2) is 0 Å². The fourth-order valence-corrected chi connectivity index (χ4v) is 2.39. The molecule has 2 aromatic rings. The zero-order valence-corrected chi connectivity index (χ0v) is 13.2. The minimum absolute atomic E-state index is 0.105. The second kappa shape index (κ2) is 6.67. The van der Waals surface area contributed by atoms with E-state index in [0.717, 1.165) is 12.1 Å². The lowest BCUT2D eigenvalue weighted by Gasteiger charge is -2.34. The molecule has 0 saturated heterocycles. The summed E-state index contributed by atoms with van der Waals surface area (Å²) in [5.41, 5.74) is -1.99. The van der Waals surface area contributed by atoms with Crippen molar-refractivity contribution in [2.24, 2.45) is 0 Å². The first kappa shape index (κ1) is 16.8. The predicted molar refractivity (Wildman–Crippen MR) is 82.4 cm³/mol. The van der Waals surface area contributed by atoms with E-state index in [0.29, 0.717) is 6.07 Å². The smallest absolute Gasteiger partial charge is 0.217 e. The van der Waals surface area contributed by atoms with Crippen LogP contribution in [0.5, 0.6) is 0 Å². The average molecular weight is 345 g/mol. The summed E-state index contributed by atoms with van der Waals surface area (Å²) < 4.78 is 33.7.